The topological polar surface area (TPSA) is 18.5 Å². The van der Waals surface area contributed by atoms with Gasteiger partial charge in [-0.05, 0) is 77.2 Å². The van der Waals surface area contributed by atoms with Gasteiger partial charge in [-0.3, -0.25) is 4.90 Å². The van der Waals surface area contributed by atoms with Crippen LogP contribution >= 0.6 is 0 Å². The van der Waals surface area contributed by atoms with Gasteiger partial charge in [0.05, 0.1) is 0 Å². The largest absolute Gasteiger partial charge is 0.315 e. The molecule has 0 radical (unpaired) electrons. The van der Waals surface area contributed by atoms with Crippen molar-refractivity contribution in [3.63, 3.8) is 0 Å². The Morgan fingerprint density at radius 3 is 2.33 bits per heavy atom. The Kier molecular flexibility index (Phi) is 4.55. The van der Waals surface area contributed by atoms with E-state index in [0.717, 1.165) is 12.0 Å². The standard InChI is InChI=1S/C15H29N3/c1-2-9-17(8-1)13-14-5-10-18(11-6-14)15-4-3-7-16-12-15/h14-16H,1-13H2. The highest BCUT2D eigenvalue weighted by atomic mass is 15.2. The van der Waals surface area contributed by atoms with Gasteiger partial charge in [0.1, 0.15) is 0 Å². The fraction of sp³-hybridized carbons (Fsp3) is 1.00. The third kappa shape index (κ3) is 3.25. The smallest absolute Gasteiger partial charge is 0.0221 e. The number of hydrogen-bond donors (Lipinski definition) is 1. The van der Waals surface area contributed by atoms with E-state index in [1.807, 2.05) is 0 Å². The second-order valence-electron chi connectivity index (χ2n) is 6.49. The summed E-state index contributed by atoms with van der Waals surface area (Å²) < 4.78 is 0. The molecule has 0 saturated carbocycles. The highest BCUT2D eigenvalue weighted by molar-refractivity contribution is 4.83. The first-order chi connectivity index (χ1) is 8.92. The molecule has 3 fully saturated rings. The first-order valence-electron chi connectivity index (χ1n) is 8.09. The molecule has 0 aromatic carbocycles. The first kappa shape index (κ1) is 12.9. The van der Waals surface area contributed by atoms with Crippen LogP contribution in [0.4, 0.5) is 0 Å². The Balaban J connectivity index is 1.40. The van der Waals surface area contributed by atoms with Crippen molar-refractivity contribution in [1.82, 2.24) is 15.1 Å². The monoisotopic (exact) mass is 251 g/mol. The van der Waals surface area contributed by atoms with Gasteiger partial charge in [-0.15, -0.1) is 0 Å². The van der Waals surface area contributed by atoms with E-state index in [9.17, 15) is 0 Å². The van der Waals surface area contributed by atoms with E-state index in [0.29, 0.717) is 0 Å². The van der Waals surface area contributed by atoms with Gasteiger partial charge in [-0.25, -0.2) is 0 Å². The van der Waals surface area contributed by atoms with Crippen LogP contribution in [0.25, 0.3) is 0 Å². The molecule has 3 aliphatic heterocycles. The van der Waals surface area contributed by atoms with Crippen molar-refractivity contribution in [2.75, 3.05) is 45.8 Å². The maximum Gasteiger partial charge on any atom is 0.0221 e. The molecule has 1 N–H and O–H groups in total. The molecule has 1 atom stereocenters. The van der Waals surface area contributed by atoms with E-state index in [2.05, 4.69) is 15.1 Å². The number of nitrogens with one attached hydrogen (secondary N) is 1. The van der Waals surface area contributed by atoms with E-state index < -0.39 is 0 Å². The molecule has 3 rings (SSSR count). The second kappa shape index (κ2) is 6.36. The van der Waals surface area contributed by atoms with Crippen LogP contribution in [0.2, 0.25) is 0 Å². The Morgan fingerprint density at radius 1 is 0.889 bits per heavy atom. The lowest BCUT2D eigenvalue weighted by Crippen LogP contribution is -2.49. The Morgan fingerprint density at radius 2 is 1.67 bits per heavy atom. The molecular formula is C15H29N3. The molecule has 3 saturated heterocycles. The zero-order valence-electron chi connectivity index (χ0n) is 11.7. The van der Waals surface area contributed by atoms with Crippen LogP contribution in [0.15, 0.2) is 0 Å². The van der Waals surface area contributed by atoms with Crippen LogP contribution in [0.5, 0.6) is 0 Å². The van der Waals surface area contributed by atoms with Crippen molar-refractivity contribution in [2.24, 2.45) is 5.92 Å². The summed E-state index contributed by atoms with van der Waals surface area (Å²) in [4.78, 5) is 5.45. The van der Waals surface area contributed by atoms with E-state index in [4.69, 9.17) is 0 Å². The fourth-order valence-electron chi connectivity index (χ4n) is 3.98. The van der Waals surface area contributed by atoms with Crippen LogP contribution in [0.3, 0.4) is 0 Å². The van der Waals surface area contributed by atoms with Crippen molar-refractivity contribution in [2.45, 2.75) is 44.6 Å². The van der Waals surface area contributed by atoms with Gasteiger partial charge in [0, 0.05) is 19.1 Å². The zero-order chi connectivity index (χ0) is 12.2. The number of nitrogens with zero attached hydrogens (tertiary/aromatic N) is 2. The Hall–Kier alpha value is -0.120. The second-order valence-corrected chi connectivity index (χ2v) is 6.49. The molecule has 3 aliphatic rings. The average Bonchev–Trinajstić information content (AvgIpc) is 2.94. The lowest BCUT2D eigenvalue weighted by Gasteiger charge is -2.40. The third-order valence-electron chi connectivity index (χ3n) is 5.15. The molecule has 1 unspecified atom stereocenters. The van der Waals surface area contributed by atoms with Crippen molar-refractivity contribution in [3.8, 4) is 0 Å². The Bertz CT molecular complexity index is 236. The molecule has 0 aromatic heterocycles. The number of likely N-dealkylation sites (tertiary alicyclic amines) is 2. The van der Waals surface area contributed by atoms with Crippen LogP contribution in [0, 0.1) is 5.92 Å². The van der Waals surface area contributed by atoms with Crippen molar-refractivity contribution >= 4 is 0 Å². The summed E-state index contributed by atoms with van der Waals surface area (Å²) in [6.45, 7) is 9.30. The van der Waals surface area contributed by atoms with Crippen LogP contribution < -0.4 is 5.32 Å². The average molecular weight is 251 g/mol. The van der Waals surface area contributed by atoms with Crippen molar-refractivity contribution in [1.29, 1.82) is 0 Å². The van der Waals surface area contributed by atoms with Gasteiger partial charge in [-0.1, -0.05) is 0 Å². The minimum absolute atomic E-state index is 0.839. The summed E-state index contributed by atoms with van der Waals surface area (Å²) in [6, 6.07) is 0.839. The fourth-order valence-corrected chi connectivity index (χ4v) is 3.98. The van der Waals surface area contributed by atoms with Gasteiger partial charge in [-0.2, -0.15) is 0 Å². The van der Waals surface area contributed by atoms with Gasteiger partial charge < -0.3 is 10.2 Å². The molecule has 3 heteroatoms. The summed E-state index contributed by atoms with van der Waals surface area (Å²) in [6.07, 6.45) is 8.54. The molecule has 3 heterocycles. The van der Waals surface area contributed by atoms with E-state index >= 15 is 0 Å². The molecule has 3 nitrogen and oxygen atoms in total. The lowest BCUT2D eigenvalue weighted by atomic mass is 9.94. The van der Waals surface area contributed by atoms with Gasteiger partial charge >= 0.3 is 0 Å². The SMILES string of the molecule is C1CNCC(N2CCC(CN3CCCC3)CC2)C1. The first-order valence-corrected chi connectivity index (χ1v) is 8.09. The normalized spacial score (nSPS) is 33.0. The van der Waals surface area contributed by atoms with E-state index in [-0.39, 0.29) is 0 Å². The molecular weight excluding hydrogens is 222 g/mol. The number of hydrogen-bond acceptors (Lipinski definition) is 3. The molecule has 0 bridgehead atoms. The molecule has 0 aromatic rings. The highest BCUT2D eigenvalue weighted by Gasteiger charge is 2.27. The highest BCUT2D eigenvalue weighted by Crippen LogP contribution is 2.23. The maximum atomic E-state index is 3.55. The van der Waals surface area contributed by atoms with E-state index in [1.54, 1.807) is 0 Å². The number of rotatable bonds is 3. The van der Waals surface area contributed by atoms with Crippen LogP contribution in [-0.2, 0) is 0 Å². The van der Waals surface area contributed by atoms with Crippen LogP contribution in [-0.4, -0.2) is 61.7 Å². The summed E-state index contributed by atoms with van der Waals surface area (Å²) >= 11 is 0. The van der Waals surface area contributed by atoms with Crippen molar-refractivity contribution < 1.29 is 0 Å². The van der Waals surface area contributed by atoms with Gasteiger partial charge in [0.2, 0.25) is 0 Å². The summed E-state index contributed by atoms with van der Waals surface area (Å²) in [5, 5.41) is 3.55. The van der Waals surface area contributed by atoms with Crippen molar-refractivity contribution in [3.05, 3.63) is 0 Å². The molecule has 18 heavy (non-hydrogen) atoms. The minimum atomic E-state index is 0.839. The van der Waals surface area contributed by atoms with E-state index in [1.165, 1.54) is 84.3 Å². The maximum absolute atomic E-state index is 3.55. The predicted molar refractivity (Wildman–Crippen MR) is 75.9 cm³/mol. The summed E-state index contributed by atoms with van der Waals surface area (Å²) in [5.74, 6) is 0.982. The summed E-state index contributed by atoms with van der Waals surface area (Å²) in [5.41, 5.74) is 0. The molecule has 104 valence electrons. The molecule has 0 spiro atoms. The predicted octanol–water partition coefficient (Wildman–Crippen LogP) is 1.55. The third-order valence-corrected chi connectivity index (χ3v) is 5.15. The molecule has 0 aliphatic carbocycles. The lowest BCUT2D eigenvalue weighted by molar-refractivity contribution is 0.101. The zero-order valence-corrected chi connectivity index (χ0v) is 11.7. The van der Waals surface area contributed by atoms with Crippen LogP contribution in [0.1, 0.15) is 38.5 Å². The number of piperidine rings is 2. The minimum Gasteiger partial charge on any atom is -0.315 e. The Labute approximate surface area is 112 Å². The van der Waals surface area contributed by atoms with Gasteiger partial charge in [0.25, 0.3) is 0 Å². The molecule has 0 amide bonds. The summed E-state index contributed by atoms with van der Waals surface area (Å²) in [7, 11) is 0. The quantitative estimate of drug-likeness (QED) is 0.821. The van der Waals surface area contributed by atoms with Gasteiger partial charge in [0.15, 0.2) is 0 Å².